The highest BCUT2D eigenvalue weighted by Crippen LogP contribution is 2.37. The second kappa shape index (κ2) is 14.8. The van der Waals surface area contributed by atoms with Crippen molar-refractivity contribution in [3.8, 4) is 0 Å². The van der Waals surface area contributed by atoms with Crippen LogP contribution in [0.1, 0.15) is 117 Å². The third-order valence-electron chi connectivity index (χ3n) is 9.71. The van der Waals surface area contributed by atoms with Gasteiger partial charge in [-0.25, -0.2) is 13.2 Å². The van der Waals surface area contributed by atoms with Gasteiger partial charge in [-0.3, -0.25) is 9.79 Å². The summed E-state index contributed by atoms with van der Waals surface area (Å²) in [7, 11) is -3.75. The number of hydrogen-bond donors (Lipinski definition) is 2. The second-order valence-corrected chi connectivity index (χ2v) is 14.9. The van der Waals surface area contributed by atoms with Crippen LogP contribution in [0.15, 0.2) is 22.5 Å². The van der Waals surface area contributed by atoms with E-state index in [2.05, 4.69) is 5.32 Å². The van der Waals surface area contributed by atoms with E-state index >= 15 is 0 Å². The number of carboxylic acid groups (broad SMARTS) is 1. The van der Waals surface area contributed by atoms with E-state index in [9.17, 15) is 36.3 Å². The van der Waals surface area contributed by atoms with E-state index in [0.29, 0.717) is 41.9 Å². The molecule has 3 aliphatic rings. The zero-order valence-corrected chi connectivity index (χ0v) is 27.1. The molecule has 4 rings (SSSR count). The third kappa shape index (κ3) is 9.40. The molecule has 1 saturated heterocycles. The van der Waals surface area contributed by atoms with E-state index in [-0.39, 0.29) is 36.9 Å². The summed E-state index contributed by atoms with van der Waals surface area (Å²) >= 11 is 0. The highest BCUT2D eigenvalue weighted by Gasteiger charge is 2.48. The van der Waals surface area contributed by atoms with Gasteiger partial charge in [0, 0.05) is 30.8 Å². The number of carbonyl (C=O) groups is 2. The Labute approximate surface area is 264 Å². The molecule has 1 aromatic carbocycles. The van der Waals surface area contributed by atoms with Gasteiger partial charge in [0.2, 0.25) is 10.0 Å². The van der Waals surface area contributed by atoms with Crippen LogP contribution in [0.5, 0.6) is 0 Å². The summed E-state index contributed by atoms with van der Waals surface area (Å²) in [4.78, 5) is 29.3. The summed E-state index contributed by atoms with van der Waals surface area (Å²) < 4.78 is 64.4. The molecule has 45 heavy (non-hydrogen) atoms. The molecule has 1 aromatic rings. The SMILES string of the molecule is Cc1cc(C(=O)O)cc(C)c1C=CS(=O)(=O)N1CCC2(CC1)N=C(C1CCC(CCCCCCCCC(F)(F)F)CC1)NC2=O. The number of sulfonamides is 1. The van der Waals surface area contributed by atoms with Crippen molar-refractivity contribution in [1.29, 1.82) is 0 Å². The molecule has 1 aliphatic carbocycles. The predicted molar refractivity (Wildman–Crippen MR) is 168 cm³/mol. The topological polar surface area (TPSA) is 116 Å². The Balaban J connectivity index is 1.22. The number of benzene rings is 1. The highest BCUT2D eigenvalue weighted by molar-refractivity contribution is 7.92. The van der Waals surface area contributed by atoms with E-state index < -0.39 is 34.1 Å². The minimum Gasteiger partial charge on any atom is -0.478 e. The van der Waals surface area contributed by atoms with E-state index in [1.165, 1.54) is 22.5 Å². The zero-order chi connectivity index (χ0) is 32.8. The second-order valence-electron chi connectivity index (χ2n) is 13.1. The van der Waals surface area contributed by atoms with Crippen LogP contribution in [0.25, 0.3) is 6.08 Å². The molecule has 250 valence electrons. The fourth-order valence-electron chi connectivity index (χ4n) is 6.98. The van der Waals surface area contributed by atoms with Gasteiger partial charge in [0.1, 0.15) is 11.4 Å². The summed E-state index contributed by atoms with van der Waals surface area (Å²) in [6.45, 7) is 3.86. The standard InChI is InChI=1S/C33H46F3N3O5S/c1-23-21-27(30(40)41)22-24(2)28(23)14-20-45(43,44)39-18-16-32(17-19-39)31(42)37-29(38-32)26-12-10-25(11-13-26)9-7-5-3-4-6-8-15-33(34,35)36/h14,20-22,25-26H,3-13,15-19H2,1-2H3,(H,40,41)(H,37,38,42). The van der Waals surface area contributed by atoms with Gasteiger partial charge in [0.25, 0.3) is 5.91 Å². The van der Waals surface area contributed by atoms with Gasteiger partial charge in [-0.05, 0) is 99.6 Å². The van der Waals surface area contributed by atoms with Crippen molar-refractivity contribution in [2.24, 2.45) is 16.8 Å². The normalized spacial score (nSPS) is 22.6. The van der Waals surface area contributed by atoms with Gasteiger partial charge >= 0.3 is 12.1 Å². The minimum atomic E-state index is -4.05. The Morgan fingerprint density at radius 3 is 2.18 bits per heavy atom. The first-order valence-corrected chi connectivity index (χ1v) is 17.7. The number of aryl methyl sites for hydroxylation is 2. The van der Waals surface area contributed by atoms with E-state index in [1.807, 2.05) is 0 Å². The number of amides is 1. The maximum absolute atomic E-state index is 13.1. The monoisotopic (exact) mass is 653 g/mol. The molecular weight excluding hydrogens is 607 g/mol. The Morgan fingerprint density at radius 2 is 1.60 bits per heavy atom. The molecule has 2 N–H and O–H groups in total. The van der Waals surface area contributed by atoms with E-state index in [0.717, 1.165) is 69.0 Å². The van der Waals surface area contributed by atoms with Crippen LogP contribution < -0.4 is 5.32 Å². The van der Waals surface area contributed by atoms with Crippen LogP contribution in [-0.4, -0.2) is 60.3 Å². The van der Waals surface area contributed by atoms with Crippen LogP contribution in [0.3, 0.4) is 0 Å². The minimum absolute atomic E-state index is 0.146. The van der Waals surface area contributed by atoms with Crippen LogP contribution in [0, 0.1) is 25.7 Å². The Bertz CT molecular complexity index is 1370. The van der Waals surface area contributed by atoms with Crippen LogP contribution in [0.4, 0.5) is 13.2 Å². The lowest BCUT2D eigenvalue weighted by Gasteiger charge is -2.34. The van der Waals surface area contributed by atoms with Crippen LogP contribution in [0.2, 0.25) is 0 Å². The van der Waals surface area contributed by atoms with Gasteiger partial charge in [0.15, 0.2) is 0 Å². The van der Waals surface area contributed by atoms with Gasteiger partial charge in [-0.15, -0.1) is 0 Å². The number of carboxylic acids is 1. The molecule has 12 heteroatoms. The average Bonchev–Trinajstić information content (AvgIpc) is 3.28. The summed E-state index contributed by atoms with van der Waals surface area (Å²) in [5, 5.41) is 13.4. The van der Waals surface area contributed by atoms with Gasteiger partial charge < -0.3 is 10.4 Å². The lowest BCUT2D eigenvalue weighted by atomic mass is 9.79. The summed E-state index contributed by atoms with van der Waals surface area (Å²) in [5.74, 6) is 0.380. The molecule has 0 atom stereocenters. The number of unbranched alkanes of at least 4 members (excludes halogenated alkanes) is 5. The van der Waals surface area contributed by atoms with Crippen molar-refractivity contribution < 1.29 is 36.3 Å². The Hall–Kier alpha value is -2.73. The molecule has 1 saturated carbocycles. The maximum Gasteiger partial charge on any atom is 0.389 e. The largest absolute Gasteiger partial charge is 0.478 e. The lowest BCUT2D eigenvalue weighted by molar-refractivity contribution is -0.135. The van der Waals surface area contributed by atoms with Crippen molar-refractivity contribution in [3.63, 3.8) is 0 Å². The first-order chi connectivity index (χ1) is 21.2. The zero-order valence-electron chi connectivity index (χ0n) is 26.3. The molecule has 0 radical (unpaired) electrons. The number of piperidine rings is 1. The van der Waals surface area contributed by atoms with E-state index in [4.69, 9.17) is 4.99 Å². The number of rotatable bonds is 13. The van der Waals surface area contributed by atoms with E-state index in [1.54, 1.807) is 13.8 Å². The van der Waals surface area contributed by atoms with Crippen molar-refractivity contribution in [1.82, 2.24) is 9.62 Å². The first-order valence-electron chi connectivity index (χ1n) is 16.2. The summed E-state index contributed by atoms with van der Waals surface area (Å²) in [6.07, 6.45) is 7.41. The van der Waals surface area contributed by atoms with Gasteiger partial charge in [-0.2, -0.15) is 17.5 Å². The number of amidine groups is 1. The summed E-state index contributed by atoms with van der Waals surface area (Å²) in [5.41, 5.74) is 1.23. The molecule has 2 heterocycles. The number of carbonyl (C=O) groups excluding carboxylic acids is 1. The molecule has 1 spiro atoms. The van der Waals surface area contributed by atoms with Crippen LogP contribution in [-0.2, 0) is 14.8 Å². The van der Waals surface area contributed by atoms with Crippen molar-refractivity contribution >= 4 is 33.8 Å². The van der Waals surface area contributed by atoms with Crippen molar-refractivity contribution in [3.05, 3.63) is 39.8 Å². The fraction of sp³-hybridized carbons (Fsp3) is 0.667. The molecule has 0 unspecified atom stereocenters. The fourth-order valence-corrected chi connectivity index (χ4v) is 8.15. The number of nitrogens with one attached hydrogen (secondary N) is 1. The molecule has 0 aromatic heterocycles. The molecular formula is C33H46F3N3O5S. The first kappa shape index (κ1) is 35.1. The Morgan fingerprint density at radius 1 is 1.02 bits per heavy atom. The molecule has 1 amide bonds. The predicted octanol–water partition coefficient (Wildman–Crippen LogP) is 7.15. The van der Waals surface area contributed by atoms with Gasteiger partial charge in [-0.1, -0.05) is 38.5 Å². The summed E-state index contributed by atoms with van der Waals surface area (Å²) in [6, 6.07) is 3.04. The molecule has 0 bridgehead atoms. The van der Waals surface area contributed by atoms with Crippen molar-refractivity contribution in [2.45, 2.75) is 115 Å². The maximum atomic E-state index is 13.1. The quantitative estimate of drug-likeness (QED) is 0.219. The van der Waals surface area contributed by atoms with Gasteiger partial charge in [0.05, 0.1) is 5.56 Å². The molecule has 8 nitrogen and oxygen atoms in total. The highest BCUT2D eigenvalue weighted by atomic mass is 32.2. The number of aliphatic imine (C=N–C) groups is 1. The third-order valence-corrected chi connectivity index (χ3v) is 11.3. The molecule has 2 fully saturated rings. The van der Waals surface area contributed by atoms with Crippen molar-refractivity contribution in [2.75, 3.05) is 13.1 Å². The number of nitrogens with zero attached hydrogens (tertiary/aromatic N) is 2. The number of hydrogen-bond acceptors (Lipinski definition) is 5. The lowest BCUT2D eigenvalue weighted by Crippen LogP contribution is -2.50. The number of aromatic carboxylic acids is 1. The number of alkyl halides is 3. The molecule has 2 aliphatic heterocycles. The smallest absolute Gasteiger partial charge is 0.389 e. The number of halogens is 3. The van der Waals surface area contributed by atoms with Crippen LogP contribution >= 0.6 is 0 Å². The Kier molecular flexibility index (Phi) is 11.5. The average molecular weight is 654 g/mol.